The van der Waals surface area contributed by atoms with Gasteiger partial charge in [0.25, 0.3) is 0 Å². The van der Waals surface area contributed by atoms with Crippen LogP contribution in [0.5, 0.6) is 0 Å². The van der Waals surface area contributed by atoms with Crippen molar-refractivity contribution in [1.29, 1.82) is 5.26 Å². The molecule has 0 heterocycles. The topological polar surface area (TPSA) is 72.5 Å². The molecule has 1 aromatic rings. The molecular weight excluding hydrogens is 224 g/mol. The maximum atomic E-state index is 8.72. The van der Waals surface area contributed by atoms with Crippen LogP contribution in [0.25, 0.3) is 16.5 Å². The molecule has 0 spiro atoms. The number of halogens is 1. The van der Waals surface area contributed by atoms with Crippen LogP contribution in [0.2, 0.25) is 5.02 Å². The molecule has 0 aliphatic rings. The van der Waals surface area contributed by atoms with E-state index in [1.165, 1.54) is 0 Å². The summed E-state index contributed by atoms with van der Waals surface area (Å²) in [7, 11) is 0. The Kier molecular flexibility index (Phi) is 4.94. The second kappa shape index (κ2) is 6.52. The third-order valence-corrected chi connectivity index (χ3v) is 2.23. The maximum absolute atomic E-state index is 8.72. The first-order valence-electron chi connectivity index (χ1n) is 4.65. The van der Waals surface area contributed by atoms with Crippen molar-refractivity contribution in [1.82, 2.24) is 0 Å². The van der Waals surface area contributed by atoms with Gasteiger partial charge in [0.05, 0.1) is 11.6 Å². The third-order valence-electron chi connectivity index (χ3n) is 1.88. The van der Waals surface area contributed by atoms with Gasteiger partial charge in [-0.15, -0.1) is 0 Å². The highest BCUT2D eigenvalue weighted by molar-refractivity contribution is 6.32. The van der Waals surface area contributed by atoms with Crippen LogP contribution in [0.4, 0.5) is 0 Å². The second-order valence-corrected chi connectivity index (χ2v) is 3.40. The first-order valence-corrected chi connectivity index (χ1v) is 5.03. The Morgan fingerprint density at radius 3 is 3.06 bits per heavy atom. The monoisotopic (exact) mass is 232 g/mol. The molecule has 1 aromatic carbocycles. The highest BCUT2D eigenvalue weighted by Gasteiger charge is 1.97. The molecule has 0 bridgehead atoms. The summed E-state index contributed by atoms with van der Waals surface area (Å²) in [6.45, 7) is 0.419. The Labute approximate surface area is 98.4 Å². The lowest BCUT2D eigenvalue weighted by Crippen LogP contribution is -1.80. The molecule has 0 aliphatic carbocycles. The standard InChI is InChI=1S/C11H9ClN4/c12-11-5-4-9(8-13)7-10(11)3-1-2-6-15-16-14/h1,3-5,7H,2,6H2. The van der Waals surface area contributed by atoms with E-state index in [1.54, 1.807) is 18.2 Å². The molecule has 0 saturated carbocycles. The zero-order chi connectivity index (χ0) is 11.8. The highest BCUT2D eigenvalue weighted by atomic mass is 35.5. The summed E-state index contributed by atoms with van der Waals surface area (Å²) in [4.78, 5) is 2.65. The van der Waals surface area contributed by atoms with Crippen LogP contribution in [0.15, 0.2) is 29.4 Å². The minimum absolute atomic E-state index is 0.419. The molecule has 80 valence electrons. The Morgan fingerprint density at radius 2 is 2.38 bits per heavy atom. The smallest absolute Gasteiger partial charge is 0.0991 e. The molecule has 0 N–H and O–H groups in total. The minimum atomic E-state index is 0.419. The lowest BCUT2D eigenvalue weighted by atomic mass is 10.1. The summed E-state index contributed by atoms with van der Waals surface area (Å²) in [5.74, 6) is 0. The quantitative estimate of drug-likeness (QED) is 0.336. The molecule has 0 unspecified atom stereocenters. The Balaban J connectivity index is 2.72. The van der Waals surface area contributed by atoms with Crippen LogP contribution in [-0.4, -0.2) is 6.54 Å². The average molecular weight is 233 g/mol. The molecule has 0 aliphatic heterocycles. The Hall–Kier alpha value is -1.95. The fourth-order valence-corrected chi connectivity index (χ4v) is 1.31. The van der Waals surface area contributed by atoms with Crippen molar-refractivity contribution in [3.63, 3.8) is 0 Å². The van der Waals surface area contributed by atoms with E-state index >= 15 is 0 Å². The minimum Gasteiger partial charge on any atom is -0.192 e. The van der Waals surface area contributed by atoms with E-state index in [2.05, 4.69) is 10.0 Å². The summed E-state index contributed by atoms with van der Waals surface area (Å²) < 4.78 is 0. The lowest BCUT2D eigenvalue weighted by molar-refractivity contribution is 0.996. The van der Waals surface area contributed by atoms with Crippen LogP contribution < -0.4 is 0 Å². The Bertz CT molecular complexity index is 481. The molecular formula is C11H9ClN4. The SMILES string of the molecule is N#Cc1ccc(Cl)c(C=CCCN=[N+]=[N-])c1. The molecule has 0 aromatic heterocycles. The highest BCUT2D eigenvalue weighted by Crippen LogP contribution is 2.18. The normalized spacial score (nSPS) is 9.75. The number of nitrogens with zero attached hydrogens (tertiary/aromatic N) is 4. The zero-order valence-corrected chi connectivity index (χ0v) is 9.22. The van der Waals surface area contributed by atoms with Gasteiger partial charge in [-0.2, -0.15) is 5.26 Å². The van der Waals surface area contributed by atoms with E-state index in [-0.39, 0.29) is 0 Å². The van der Waals surface area contributed by atoms with Gasteiger partial charge < -0.3 is 0 Å². The van der Waals surface area contributed by atoms with Crippen molar-refractivity contribution in [2.24, 2.45) is 5.11 Å². The van der Waals surface area contributed by atoms with Crippen LogP contribution in [-0.2, 0) is 0 Å². The summed E-state index contributed by atoms with van der Waals surface area (Å²) in [5.41, 5.74) is 9.43. The van der Waals surface area contributed by atoms with E-state index in [0.29, 0.717) is 23.6 Å². The molecule has 0 fully saturated rings. The van der Waals surface area contributed by atoms with Crippen LogP contribution in [0, 0.1) is 11.3 Å². The molecule has 0 radical (unpaired) electrons. The number of hydrogen-bond acceptors (Lipinski definition) is 2. The van der Waals surface area contributed by atoms with Crippen LogP contribution >= 0.6 is 11.6 Å². The van der Waals surface area contributed by atoms with Gasteiger partial charge in [0.1, 0.15) is 0 Å². The van der Waals surface area contributed by atoms with Gasteiger partial charge in [-0.1, -0.05) is 28.9 Å². The number of rotatable bonds is 4. The molecule has 5 heteroatoms. The third kappa shape index (κ3) is 3.66. The van der Waals surface area contributed by atoms with Crippen LogP contribution in [0.1, 0.15) is 17.5 Å². The van der Waals surface area contributed by atoms with Crippen molar-refractivity contribution < 1.29 is 0 Å². The van der Waals surface area contributed by atoms with E-state index < -0.39 is 0 Å². The number of nitriles is 1. The van der Waals surface area contributed by atoms with Crippen molar-refractivity contribution in [2.75, 3.05) is 6.54 Å². The van der Waals surface area contributed by atoms with Crippen molar-refractivity contribution >= 4 is 17.7 Å². The summed E-state index contributed by atoms with van der Waals surface area (Å²) in [6.07, 6.45) is 4.32. The molecule has 0 saturated heterocycles. The van der Waals surface area contributed by atoms with Crippen LogP contribution in [0.3, 0.4) is 0 Å². The summed E-state index contributed by atoms with van der Waals surface area (Å²) in [6, 6.07) is 7.11. The predicted octanol–water partition coefficient (Wildman–Crippen LogP) is 3.93. The first kappa shape index (κ1) is 12.1. The van der Waals surface area contributed by atoms with Gasteiger partial charge in [0, 0.05) is 16.5 Å². The van der Waals surface area contributed by atoms with Gasteiger partial charge in [0.15, 0.2) is 0 Å². The fraction of sp³-hybridized carbons (Fsp3) is 0.182. The first-order chi connectivity index (χ1) is 7.77. The number of benzene rings is 1. The molecule has 4 nitrogen and oxygen atoms in total. The zero-order valence-electron chi connectivity index (χ0n) is 8.47. The predicted molar refractivity (Wildman–Crippen MR) is 63.8 cm³/mol. The summed E-state index contributed by atoms with van der Waals surface area (Å²) >= 11 is 5.95. The molecule has 1 rings (SSSR count). The second-order valence-electron chi connectivity index (χ2n) is 2.99. The van der Waals surface area contributed by atoms with E-state index in [1.807, 2.05) is 18.2 Å². The summed E-state index contributed by atoms with van der Waals surface area (Å²) in [5, 5.41) is 12.7. The fourth-order valence-electron chi connectivity index (χ4n) is 1.13. The Morgan fingerprint density at radius 1 is 1.56 bits per heavy atom. The van der Waals surface area contributed by atoms with Crippen molar-refractivity contribution in [2.45, 2.75) is 6.42 Å². The van der Waals surface area contributed by atoms with Gasteiger partial charge >= 0.3 is 0 Å². The van der Waals surface area contributed by atoms with Gasteiger partial charge in [-0.3, -0.25) is 0 Å². The molecule has 0 amide bonds. The van der Waals surface area contributed by atoms with Gasteiger partial charge in [-0.05, 0) is 35.7 Å². The van der Waals surface area contributed by atoms with E-state index in [4.69, 9.17) is 22.4 Å². The number of azide groups is 1. The lowest BCUT2D eigenvalue weighted by Gasteiger charge is -1.98. The maximum Gasteiger partial charge on any atom is 0.0991 e. The number of hydrogen-bond donors (Lipinski definition) is 0. The van der Waals surface area contributed by atoms with E-state index in [0.717, 1.165) is 5.56 Å². The van der Waals surface area contributed by atoms with Crippen molar-refractivity contribution in [3.05, 3.63) is 50.9 Å². The van der Waals surface area contributed by atoms with Gasteiger partial charge in [-0.25, -0.2) is 0 Å². The van der Waals surface area contributed by atoms with Gasteiger partial charge in [0.2, 0.25) is 0 Å². The molecule has 16 heavy (non-hydrogen) atoms. The largest absolute Gasteiger partial charge is 0.192 e. The van der Waals surface area contributed by atoms with E-state index in [9.17, 15) is 0 Å². The van der Waals surface area contributed by atoms with Crippen molar-refractivity contribution in [3.8, 4) is 6.07 Å². The molecule has 0 atom stereocenters. The average Bonchev–Trinajstić information content (AvgIpc) is 2.31.